The molecule has 0 atom stereocenters. The lowest BCUT2D eigenvalue weighted by molar-refractivity contribution is 0.0649. The maximum atomic E-state index is 12.7. The molecule has 3 rings (SSSR count). The predicted octanol–water partition coefficient (Wildman–Crippen LogP) is 2.73. The molecule has 6 nitrogen and oxygen atoms in total. The third-order valence-corrected chi connectivity index (χ3v) is 3.56. The summed E-state index contributed by atoms with van der Waals surface area (Å²) in [5, 5.41) is 19.3. The van der Waals surface area contributed by atoms with Crippen molar-refractivity contribution in [3.63, 3.8) is 0 Å². The maximum absolute atomic E-state index is 12.7. The summed E-state index contributed by atoms with van der Waals surface area (Å²) in [5.41, 5.74) is -0.476. The average Bonchev–Trinajstić information content (AvgIpc) is 2.97. The molecular formula is C17H11NO5. The molecule has 1 heterocycles. The second kappa shape index (κ2) is 5.42. The number of carbonyl (C=O) groups is 3. The standard InChI is InChI=1S/C17H11NO5/c19-15(18-9-8-10-4-1-2-7-13(10)18)11-5-3-6-12(16(20)21)14(11)17(22)23/h1-9H,(H,20,21)(H,22,23). The SMILES string of the molecule is O=C(O)c1cccc(C(=O)n2ccc3ccccc32)c1C(=O)O. The fourth-order valence-electron chi connectivity index (χ4n) is 2.53. The van der Waals surface area contributed by atoms with Crippen molar-refractivity contribution < 1.29 is 24.6 Å². The fourth-order valence-corrected chi connectivity index (χ4v) is 2.53. The van der Waals surface area contributed by atoms with Gasteiger partial charge in [0.05, 0.1) is 22.2 Å². The van der Waals surface area contributed by atoms with Crippen LogP contribution in [0.4, 0.5) is 0 Å². The van der Waals surface area contributed by atoms with Crippen molar-refractivity contribution in [2.75, 3.05) is 0 Å². The Hall–Kier alpha value is -3.41. The van der Waals surface area contributed by atoms with Gasteiger partial charge < -0.3 is 10.2 Å². The van der Waals surface area contributed by atoms with Crippen LogP contribution in [0.2, 0.25) is 0 Å². The van der Waals surface area contributed by atoms with Crippen LogP contribution in [0.1, 0.15) is 31.1 Å². The van der Waals surface area contributed by atoms with Gasteiger partial charge in [-0.1, -0.05) is 24.3 Å². The number of carboxylic acids is 2. The normalized spacial score (nSPS) is 10.6. The van der Waals surface area contributed by atoms with E-state index in [0.717, 1.165) is 11.5 Å². The summed E-state index contributed by atoms with van der Waals surface area (Å²) >= 11 is 0. The molecule has 114 valence electrons. The molecule has 0 amide bonds. The Morgan fingerprint density at radius 1 is 0.783 bits per heavy atom. The number of fused-ring (bicyclic) bond motifs is 1. The minimum atomic E-state index is -1.46. The molecule has 0 fully saturated rings. The average molecular weight is 309 g/mol. The van der Waals surface area contributed by atoms with Crippen LogP contribution < -0.4 is 0 Å². The Morgan fingerprint density at radius 3 is 2.17 bits per heavy atom. The largest absolute Gasteiger partial charge is 0.478 e. The number of aromatic carboxylic acids is 2. The topological polar surface area (TPSA) is 96.6 Å². The summed E-state index contributed by atoms with van der Waals surface area (Å²) < 4.78 is 1.31. The molecular weight excluding hydrogens is 298 g/mol. The maximum Gasteiger partial charge on any atom is 0.337 e. The quantitative estimate of drug-likeness (QED) is 0.775. The number of aromatic nitrogens is 1. The van der Waals surface area contributed by atoms with Crippen LogP contribution in [0.25, 0.3) is 10.9 Å². The van der Waals surface area contributed by atoms with E-state index in [-0.39, 0.29) is 5.56 Å². The third-order valence-electron chi connectivity index (χ3n) is 3.56. The molecule has 0 radical (unpaired) electrons. The van der Waals surface area contributed by atoms with Crippen LogP contribution in [-0.4, -0.2) is 32.6 Å². The fraction of sp³-hybridized carbons (Fsp3) is 0. The van der Waals surface area contributed by atoms with E-state index in [0.29, 0.717) is 5.52 Å². The highest BCUT2D eigenvalue weighted by Gasteiger charge is 2.24. The first-order valence-electron chi connectivity index (χ1n) is 6.71. The Bertz CT molecular complexity index is 955. The van der Waals surface area contributed by atoms with Gasteiger partial charge in [0, 0.05) is 11.6 Å². The molecule has 6 heteroatoms. The highest BCUT2D eigenvalue weighted by molar-refractivity contribution is 6.12. The summed E-state index contributed by atoms with van der Waals surface area (Å²) in [4.78, 5) is 35.4. The number of hydrogen-bond donors (Lipinski definition) is 2. The van der Waals surface area contributed by atoms with Crippen LogP contribution in [0.5, 0.6) is 0 Å². The highest BCUT2D eigenvalue weighted by atomic mass is 16.4. The van der Waals surface area contributed by atoms with E-state index in [2.05, 4.69) is 0 Å². The monoisotopic (exact) mass is 309 g/mol. The van der Waals surface area contributed by atoms with E-state index in [9.17, 15) is 19.5 Å². The Kier molecular flexibility index (Phi) is 3.42. The van der Waals surface area contributed by atoms with Crippen LogP contribution in [0.3, 0.4) is 0 Å². The summed E-state index contributed by atoms with van der Waals surface area (Å²) in [5.74, 6) is -3.44. The van der Waals surface area contributed by atoms with Gasteiger partial charge in [0.2, 0.25) is 0 Å². The molecule has 23 heavy (non-hydrogen) atoms. The smallest absolute Gasteiger partial charge is 0.337 e. The minimum absolute atomic E-state index is 0.168. The second-order valence-corrected chi connectivity index (χ2v) is 4.89. The molecule has 0 saturated heterocycles. The lowest BCUT2D eigenvalue weighted by atomic mass is 10.00. The van der Waals surface area contributed by atoms with Gasteiger partial charge in [-0.05, 0) is 24.3 Å². The van der Waals surface area contributed by atoms with E-state index < -0.39 is 29.0 Å². The van der Waals surface area contributed by atoms with Crippen LogP contribution in [0.15, 0.2) is 54.7 Å². The summed E-state index contributed by atoms with van der Waals surface area (Å²) in [7, 11) is 0. The van der Waals surface area contributed by atoms with E-state index >= 15 is 0 Å². The van der Waals surface area contributed by atoms with Crippen molar-refractivity contribution in [2.24, 2.45) is 0 Å². The van der Waals surface area contributed by atoms with E-state index in [1.165, 1.54) is 22.9 Å². The summed E-state index contributed by atoms with van der Waals surface area (Å²) in [6.07, 6.45) is 1.53. The molecule has 0 aliphatic rings. The summed E-state index contributed by atoms with van der Waals surface area (Å²) in [6, 6.07) is 12.7. The zero-order valence-corrected chi connectivity index (χ0v) is 11.8. The number of rotatable bonds is 3. The molecule has 0 spiro atoms. The lowest BCUT2D eigenvalue weighted by Crippen LogP contribution is -2.18. The lowest BCUT2D eigenvalue weighted by Gasteiger charge is -2.09. The van der Waals surface area contributed by atoms with Crippen LogP contribution >= 0.6 is 0 Å². The molecule has 0 saturated carbocycles. The predicted molar refractivity (Wildman–Crippen MR) is 82.0 cm³/mol. The first-order valence-corrected chi connectivity index (χ1v) is 6.71. The Morgan fingerprint density at radius 2 is 1.48 bits per heavy atom. The molecule has 3 aromatic rings. The van der Waals surface area contributed by atoms with Crippen molar-refractivity contribution in [1.29, 1.82) is 0 Å². The molecule has 2 N–H and O–H groups in total. The Labute approximate surface area is 130 Å². The number of carboxylic acid groups (broad SMARTS) is 2. The zero-order valence-electron chi connectivity index (χ0n) is 11.8. The van der Waals surface area contributed by atoms with E-state index in [1.807, 2.05) is 12.1 Å². The highest BCUT2D eigenvalue weighted by Crippen LogP contribution is 2.21. The van der Waals surface area contributed by atoms with Gasteiger partial charge in [-0.2, -0.15) is 0 Å². The zero-order chi connectivity index (χ0) is 16.6. The van der Waals surface area contributed by atoms with Gasteiger partial charge in [0.25, 0.3) is 5.91 Å². The number of para-hydroxylation sites is 1. The van der Waals surface area contributed by atoms with Crippen molar-refractivity contribution in [3.8, 4) is 0 Å². The van der Waals surface area contributed by atoms with E-state index in [4.69, 9.17) is 5.11 Å². The van der Waals surface area contributed by atoms with E-state index in [1.54, 1.807) is 18.2 Å². The van der Waals surface area contributed by atoms with Crippen molar-refractivity contribution >= 4 is 28.7 Å². The first-order chi connectivity index (χ1) is 11.0. The third kappa shape index (κ3) is 2.36. The number of carbonyl (C=O) groups excluding carboxylic acids is 1. The van der Waals surface area contributed by atoms with Crippen molar-refractivity contribution in [3.05, 3.63) is 71.4 Å². The van der Waals surface area contributed by atoms with Crippen LogP contribution in [0, 0.1) is 0 Å². The van der Waals surface area contributed by atoms with Gasteiger partial charge >= 0.3 is 11.9 Å². The first kappa shape index (κ1) is 14.5. The molecule has 2 aromatic carbocycles. The van der Waals surface area contributed by atoms with Gasteiger partial charge in [-0.25, -0.2) is 9.59 Å². The van der Waals surface area contributed by atoms with Crippen molar-refractivity contribution in [2.45, 2.75) is 0 Å². The Balaban J connectivity index is 2.22. The van der Waals surface area contributed by atoms with Crippen LogP contribution in [-0.2, 0) is 0 Å². The molecule has 0 aliphatic heterocycles. The molecule has 1 aromatic heterocycles. The molecule has 0 unspecified atom stereocenters. The minimum Gasteiger partial charge on any atom is -0.478 e. The van der Waals surface area contributed by atoms with Gasteiger partial charge in [-0.3, -0.25) is 9.36 Å². The van der Waals surface area contributed by atoms with Gasteiger partial charge in [0.1, 0.15) is 0 Å². The molecule has 0 aliphatic carbocycles. The van der Waals surface area contributed by atoms with Gasteiger partial charge in [-0.15, -0.1) is 0 Å². The number of nitrogens with zero attached hydrogens (tertiary/aromatic N) is 1. The van der Waals surface area contributed by atoms with Gasteiger partial charge in [0.15, 0.2) is 0 Å². The second-order valence-electron chi connectivity index (χ2n) is 4.89. The number of benzene rings is 2. The summed E-state index contributed by atoms with van der Waals surface area (Å²) in [6.45, 7) is 0. The number of hydrogen-bond acceptors (Lipinski definition) is 3. The van der Waals surface area contributed by atoms with Crippen molar-refractivity contribution in [1.82, 2.24) is 4.57 Å². The molecule has 0 bridgehead atoms.